The molecule has 1 nitrogen and oxygen atoms in total. The minimum atomic E-state index is -1.06. The lowest BCUT2D eigenvalue weighted by molar-refractivity contribution is 0.453. The molecule has 0 aliphatic heterocycles. The number of thiol groups is 1. The third-order valence-electron chi connectivity index (χ3n) is 1.47. The Morgan fingerprint density at radius 3 is 2.54 bits per heavy atom. The van der Waals surface area contributed by atoms with Gasteiger partial charge < -0.3 is 5.11 Å². The van der Waals surface area contributed by atoms with E-state index in [1.54, 1.807) is 6.08 Å². The van der Waals surface area contributed by atoms with Crippen molar-refractivity contribution < 1.29 is 13.9 Å². The van der Waals surface area contributed by atoms with E-state index in [1.165, 1.54) is 6.08 Å². The molecule has 1 rings (SSSR count). The van der Waals surface area contributed by atoms with Gasteiger partial charge in [-0.05, 0) is 6.07 Å². The van der Waals surface area contributed by atoms with Gasteiger partial charge in [-0.3, -0.25) is 0 Å². The summed E-state index contributed by atoms with van der Waals surface area (Å²) in [6.07, 6.45) is 3.10. The van der Waals surface area contributed by atoms with E-state index in [9.17, 15) is 8.78 Å². The predicted molar refractivity (Wildman–Crippen MR) is 50.9 cm³/mol. The second-order valence-electron chi connectivity index (χ2n) is 2.41. The maximum absolute atomic E-state index is 12.6. The smallest absolute Gasteiger partial charge is 0.162 e. The number of rotatable bonds is 2. The number of benzene rings is 1. The third kappa shape index (κ3) is 2.45. The molecule has 70 valence electrons. The Hall–Kier alpha value is -1.03. The molecule has 0 unspecified atom stereocenters. The van der Waals surface area contributed by atoms with E-state index in [0.29, 0.717) is 5.75 Å². The molecule has 0 aliphatic carbocycles. The summed E-state index contributed by atoms with van der Waals surface area (Å²) in [6.45, 7) is 0. The van der Waals surface area contributed by atoms with Gasteiger partial charge in [-0.15, -0.1) is 0 Å². The zero-order valence-corrected chi connectivity index (χ0v) is 7.56. The van der Waals surface area contributed by atoms with E-state index in [0.717, 1.165) is 12.1 Å². The SMILES string of the molecule is Oc1cc(F)c(F)cc1C=CCS. The van der Waals surface area contributed by atoms with Gasteiger partial charge in [0, 0.05) is 17.4 Å². The Morgan fingerprint density at radius 1 is 1.31 bits per heavy atom. The van der Waals surface area contributed by atoms with Crippen molar-refractivity contribution in [1.82, 2.24) is 0 Å². The first-order valence-electron chi connectivity index (χ1n) is 3.60. The first-order valence-corrected chi connectivity index (χ1v) is 4.24. The Labute approximate surface area is 80.1 Å². The molecule has 0 saturated carbocycles. The van der Waals surface area contributed by atoms with Crippen LogP contribution in [0.15, 0.2) is 18.2 Å². The van der Waals surface area contributed by atoms with Crippen molar-refractivity contribution in [3.8, 4) is 5.75 Å². The van der Waals surface area contributed by atoms with Gasteiger partial charge in [0.2, 0.25) is 0 Å². The summed E-state index contributed by atoms with van der Waals surface area (Å²) in [5.74, 6) is -1.84. The molecule has 13 heavy (non-hydrogen) atoms. The van der Waals surface area contributed by atoms with E-state index < -0.39 is 11.6 Å². The number of halogens is 2. The van der Waals surface area contributed by atoms with Crippen molar-refractivity contribution in [2.75, 3.05) is 5.75 Å². The van der Waals surface area contributed by atoms with Crippen LogP contribution in [0.1, 0.15) is 5.56 Å². The van der Waals surface area contributed by atoms with Crippen molar-refractivity contribution in [1.29, 1.82) is 0 Å². The molecule has 0 atom stereocenters. The van der Waals surface area contributed by atoms with Crippen LogP contribution in [-0.4, -0.2) is 10.9 Å². The summed E-state index contributed by atoms with van der Waals surface area (Å²) in [5.41, 5.74) is 0.243. The lowest BCUT2D eigenvalue weighted by Gasteiger charge is -1.99. The van der Waals surface area contributed by atoms with E-state index >= 15 is 0 Å². The van der Waals surface area contributed by atoms with Gasteiger partial charge in [0.15, 0.2) is 11.6 Å². The molecule has 0 spiro atoms. The van der Waals surface area contributed by atoms with Gasteiger partial charge >= 0.3 is 0 Å². The van der Waals surface area contributed by atoms with Crippen molar-refractivity contribution in [2.24, 2.45) is 0 Å². The van der Waals surface area contributed by atoms with Crippen molar-refractivity contribution >= 4 is 18.7 Å². The maximum Gasteiger partial charge on any atom is 0.162 e. The molecule has 0 fully saturated rings. The van der Waals surface area contributed by atoms with Gasteiger partial charge in [-0.1, -0.05) is 12.2 Å². The largest absolute Gasteiger partial charge is 0.507 e. The Bertz CT molecular complexity index is 337. The topological polar surface area (TPSA) is 20.2 Å². The third-order valence-corrected chi connectivity index (χ3v) is 1.68. The highest BCUT2D eigenvalue weighted by Gasteiger charge is 2.05. The van der Waals surface area contributed by atoms with Crippen LogP contribution in [0.5, 0.6) is 5.75 Å². The van der Waals surface area contributed by atoms with E-state index in [-0.39, 0.29) is 11.3 Å². The van der Waals surface area contributed by atoms with Gasteiger partial charge in [0.05, 0.1) is 0 Å². The molecule has 1 N–H and O–H groups in total. The zero-order valence-electron chi connectivity index (χ0n) is 6.67. The fourth-order valence-corrected chi connectivity index (χ4v) is 0.970. The quantitative estimate of drug-likeness (QED) is 0.706. The lowest BCUT2D eigenvalue weighted by Crippen LogP contribution is -1.85. The van der Waals surface area contributed by atoms with Crippen molar-refractivity contribution in [2.45, 2.75) is 0 Å². The van der Waals surface area contributed by atoms with Crippen LogP contribution in [0, 0.1) is 11.6 Å². The minimum Gasteiger partial charge on any atom is -0.507 e. The van der Waals surface area contributed by atoms with Crippen LogP contribution in [0.3, 0.4) is 0 Å². The fraction of sp³-hybridized carbons (Fsp3) is 0.111. The minimum absolute atomic E-state index is 0.243. The molecule has 0 saturated heterocycles. The molecule has 0 radical (unpaired) electrons. The van der Waals surface area contributed by atoms with Crippen molar-refractivity contribution in [3.63, 3.8) is 0 Å². The van der Waals surface area contributed by atoms with Crippen molar-refractivity contribution in [3.05, 3.63) is 35.4 Å². The molecule has 0 heterocycles. The van der Waals surface area contributed by atoms with Crippen LogP contribution in [0.2, 0.25) is 0 Å². The van der Waals surface area contributed by atoms with Crippen LogP contribution >= 0.6 is 12.6 Å². The van der Waals surface area contributed by atoms with Crippen LogP contribution in [0.25, 0.3) is 6.08 Å². The predicted octanol–water partition coefficient (Wildman–Crippen LogP) is 2.61. The molecule has 0 amide bonds. The first-order chi connectivity index (χ1) is 6.15. The van der Waals surface area contributed by atoms with Gasteiger partial charge in [-0.25, -0.2) is 8.78 Å². The Balaban J connectivity index is 3.08. The number of hydrogen-bond acceptors (Lipinski definition) is 2. The normalized spacial score (nSPS) is 11.0. The van der Waals surface area contributed by atoms with Gasteiger partial charge in [0.25, 0.3) is 0 Å². The molecule has 1 aromatic carbocycles. The molecular formula is C9H8F2OS. The summed E-state index contributed by atoms with van der Waals surface area (Å²) < 4.78 is 25.2. The lowest BCUT2D eigenvalue weighted by atomic mass is 10.2. The molecule has 0 aliphatic rings. The average Bonchev–Trinajstić information content (AvgIpc) is 2.09. The highest BCUT2D eigenvalue weighted by molar-refractivity contribution is 7.80. The zero-order chi connectivity index (χ0) is 9.84. The van der Waals surface area contributed by atoms with Gasteiger partial charge in [-0.2, -0.15) is 12.6 Å². The number of hydrogen-bond donors (Lipinski definition) is 2. The second-order valence-corrected chi connectivity index (χ2v) is 2.78. The van der Waals surface area contributed by atoms with E-state index in [4.69, 9.17) is 5.11 Å². The standard InChI is InChI=1S/C9H8F2OS/c10-7-4-6(2-1-3-13)9(12)5-8(7)11/h1-2,4-5,12-13H,3H2. The van der Waals surface area contributed by atoms with E-state index in [2.05, 4.69) is 12.6 Å². The molecule has 1 aromatic rings. The molecular weight excluding hydrogens is 194 g/mol. The number of aromatic hydroxyl groups is 1. The Morgan fingerprint density at radius 2 is 1.92 bits per heavy atom. The summed E-state index contributed by atoms with van der Waals surface area (Å²) >= 11 is 3.90. The summed E-state index contributed by atoms with van der Waals surface area (Å²) in [6, 6.07) is 1.68. The van der Waals surface area contributed by atoms with Gasteiger partial charge in [0.1, 0.15) is 5.75 Å². The highest BCUT2D eigenvalue weighted by Crippen LogP contribution is 2.21. The molecule has 4 heteroatoms. The summed E-state index contributed by atoms with van der Waals surface area (Å²) in [4.78, 5) is 0. The van der Waals surface area contributed by atoms with Crippen LogP contribution < -0.4 is 0 Å². The average molecular weight is 202 g/mol. The number of phenolic OH excluding ortho intramolecular Hbond substituents is 1. The summed E-state index contributed by atoms with van der Waals surface area (Å²) in [7, 11) is 0. The van der Waals surface area contributed by atoms with Crippen LogP contribution in [0.4, 0.5) is 8.78 Å². The highest BCUT2D eigenvalue weighted by atomic mass is 32.1. The van der Waals surface area contributed by atoms with Crippen LogP contribution in [-0.2, 0) is 0 Å². The number of phenols is 1. The fourth-order valence-electron chi connectivity index (χ4n) is 0.865. The maximum atomic E-state index is 12.6. The first kappa shape index (κ1) is 10.1. The molecule has 0 bridgehead atoms. The summed E-state index contributed by atoms with van der Waals surface area (Å²) in [5, 5.41) is 9.16. The Kier molecular flexibility index (Phi) is 3.31. The second kappa shape index (κ2) is 4.28. The molecule has 0 aromatic heterocycles. The van der Waals surface area contributed by atoms with E-state index in [1.807, 2.05) is 0 Å². The monoisotopic (exact) mass is 202 g/mol.